The molecule has 0 saturated carbocycles. The second-order valence-corrected chi connectivity index (χ2v) is 8.16. The van der Waals surface area contributed by atoms with Crippen LogP contribution in [0.2, 0.25) is 5.02 Å². The van der Waals surface area contributed by atoms with E-state index in [-0.39, 0.29) is 44.2 Å². The van der Waals surface area contributed by atoms with Gasteiger partial charge in [-0.15, -0.1) is 0 Å². The van der Waals surface area contributed by atoms with Gasteiger partial charge in [0.1, 0.15) is 0 Å². The number of likely N-dealkylation sites (tertiary alicyclic amines) is 2. The lowest BCUT2D eigenvalue weighted by atomic mass is 9.73. The topological polar surface area (TPSA) is 49.9 Å². The van der Waals surface area contributed by atoms with E-state index in [0.29, 0.717) is 31.1 Å². The largest absolute Gasteiger partial charge is 0.384 e. The summed E-state index contributed by atoms with van der Waals surface area (Å²) in [6.07, 6.45) is 0.0834. The van der Waals surface area contributed by atoms with Gasteiger partial charge >= 0.3 is 0 Å². The van der Waals surface area contributed by atoms with E-state index in [4.69, 9.17) is 16.3 Å². The Morgan fingerprint density at radius 1 is 1.11 bits per heavy atom. The predicted molar refractivity (Wildman–Crippen MR) is 101 cm³/mol. The number of piperidine rings is 1. The number of amides is 2. The smallest absolute Gasteiger partial charge is 0.251 e. The van der Waals surface area contributed by atoms with Crippen molar-refractivity contribution >= 4 is 23.4 Å². The minimum Gasteiger partial charge on any atom is -0.384 e. The third-order valence-corrected chi connectivity index (χ3v) is 5.80. The van der Waals surface area contributed by atoms with Crippen LogP contribution in [0.4, 0.5) is 8.78 Å². The second kappa shape index (κ2) is 8.33. The predicted octanol–water partition coefficient (Wildman–Crippen LogP) is 3.01. The first kappa shape index (κ1) is 21.0. The standard InChI is InChI=1S/C20H25ClF2N2O3/c1-28-11-6-17(26)25-13-19(14-25,12-15-2-4-16(21)5-3-15)18(27)24-9-7-20(22,23)8-10-24/h2-5H,6-14H2,1H3. The Morgan fingerprint density at radius 2 is 1.71 bits per heavy atom. The lowest BCUT2D eigenvalue weighted by Crippen LogP contribution is -2.66. The summed E-state index contributed by atoms with van der Waals surface area (Å²) in [5.74, 6) is -2.91. The fourth-order valence-electron chi connectivity index (χ4n) is 3.90. The van der Waals surface area contributed by atoms with Crippen molar-refractivity contribution in [1.82, 2.24) is 9.80 Å². The number of benzene rings is 1. The molecule has 0 spiro atoms. The molecular weight excluding hydrogens is 390 g/mol. The third kappa shape index (κ3) is 4.63. The lowest BCUT2D eigenvalue weighted by molar-refractivity contribution is -0.164. The number of rotatable bonds is 6. The number of alkyl halides is 2. The summed E-state index contributed by atoms with van der Waals surface area (Å²) < 4.78 is 31.9. The van der Waals surface area contributed by atoms with Gasteiger partial charge in [-0.1, -0.05) is 23.7 Å². The van der Waals surface area contributed by atoms with E-state index in [1.807, 2.05) is 12.1 Å². The van der Waals surface area contributed by atoms with E-state index in [1.165, 1.54) is 12.0 Å². The van der Waals surface area contributed by atoms with Crippen LogP contribution in [0, 0.1) is 5.41 Å². The molecule has 1 aromatic rings. The van der Waals surface area contributed by atoms with Gasteiger partial charge in [-0.3, -0.25) is 9.59 Å². The Labute approximate surface area is 168 Å². The van der Waals surface area contributed by atoms with Crippen molar-refractivity contribution in [2.75, 3.05) is 39.9 Å². The van der Waals surface area contributed by atoms with Gasteiger partial charge in [0.25, 0.3) is 5.92 Å². The monoisotopic (exact) mass is 414 g/mol. The molecule has 154 valence electrons. The van der Waals surface area contributed by atoms with Gasteiger partial charge in [0.15, 0.2) is 0 Å². The van der Waals surface area contributed by atoms with Gasteiger partial charge in [0.05, 0.1) is 18.4 Å². The van der Waals surface area contributed by atoms with Gasteiger partial charge in [-0.25, -0.2) is 8.78 Å². The van der Waals surface area contributed by atoms with Crippen molar-refractivity contribution in [2.24, 2.45) is 5.41 Å². The van der Waals surface area contributed by atoms with Gasteiger partial charge < -0.3 is 14.5 Å². The Morgan fingerprint density at radius 3 is 2.29 bits per heavy atom. The summed E-state index contributed by atoms with van der Waals surface area (Å²) in [5, 5.41) is 0.604. The van der Waals surface area contributed by atoms with Crippen LogP contribution in [-0.4, -0.2) is 67.4 Å². The van der Waals surface area contributed by atoms with E-state index in [2.05, 4.69) is 0 Å². The summed E-state index contributed by atoms with van der Waals surface area (Å²) in [6.45, 7) is 1.01. The summed E-state index contributed by atoms with van der Waals surface area (Å²) in [7, 11) is 1.53. The van der Waals surface area contributed by atoms with Crippen molar-refractivity contribution in [3.63, 3.8) is 0 Å². The molecule has 2 saturated heterocycles. The Bertz CT molecular complexity index is 711. The molecule has 8 heteroatoms. The highest BCUT2D eigenvalue weighted by Gasteiger charge is 2.53. The molecule has 0 aliphatic carbocycles. The molecule has 0 radical (unpaired) electrons. The van der Waals surface area contributed by atoms with Gasteiger partial charge in [-0.2, -0.15) is 0 Å². The van der Waals surface area contributed by atoms with E-state index in [0.717, 1.165) is 5.56 Å². The summed E-state index contributed by atoms with van der Waals surface area (Å²) in [4.78, 5) is 28.7. The first-order valence-electron chi connectivity index (χ1n) is 9.43. The first-order valence-corrected chi connectivity index (χ1v) is 9.81. The van der Waals surface area contributed by atoms with Crippen LogP contribution in [-0.2, 0) is 20.7 Å². The van der Waals surface area contributed by atoms with Gasteiger partial charge in [0, 0.05) is 51.2 Å². The molecule has 0 aromatic heterocycles. The summed E-state index contributed by atoms with van der Waals surface area (Å²) >= 11 is 5.94. The van der Waals surface area contributed by atoms with Crippen LogP contribution in [0.5, 0.6) is 0 Å². The molecule has 2 aliphatic rings. The van der Waals surface area contributed by atoms with Crippen LogP contribution in [0.25, 0.3) is 0 Å². The second-order valence-electron chi connectivity index (χ2n) is 7.72. The maximum Gasteiger partial charge on any atom is 0.251 e. The van der Waals surface area contributed by atoms with Crippen LogP contribution >= 0.6 is 11.6 Å². The Hall–Kier alpha value is -1.73. The average molecular weight is 415 g/mol. The number of ether oxygens (including phenoxy) is 1. The summed E-state index contributed by atoms with van der Waals surface area (Å²) in [5.41, 5.74) is 0.160. The molecule has 2 amide bonds. The third-order valence-electron chi connectivity index (χ3n) is 5.55. The molecule has 2 heterocycles. The molecule has 0 N–H and O–H groups in total. The lowest BCUT2D eigenvalue weighted by Gasteiger charge is -2.51. The van der Waals surface area contributed by atoms with Gasteiger partial charge in [-0.05, 0) is 24.1 Å². The van der Waals surface area contributed by atoms with E-state index in [9.17, 15) is 18.4 Å². The highest BCUT2D eigenvalue weighted by molar-refractivity contribution is 6.30. The van der Waals surface area contributed by atoms with Crippen LogP contribution < -0.4 is 0 Å². The number of methoxy groups -OCH3 is 1. The number of hydrogen-bond donors (Lipinski definition) is 0. The molecule has 2 aliphatic heterocycles. The molecule has 0 unspecified atom stereocenters. The van der Waals surface area contributed by atoms with E-state index >= 15 is 0 Å². The van der Waals surface area contributed by atoms with Crippen LogP contribution in [0.15, 0.2) is 24.3 Å². The van der Waals surface area contributed by atoms with Crippen molar-refractivity contribution in [2.45, 2.75) is 31.6 Å². The number of carbonyl (C=O) groups is 2. The van der Waals surface area contributed by atoms with Crippen molar-refractivity contribution in [3.8, 4) is 0 Å². The van der Waals surface area contributed by atoms with E-state index < -0.39 is 11.3 Å². The maximum atomic E-state index is 13.5. The van der Waals surface area contributed by atoms with Crippen LogP contribution in [0.3, 0.4) is 0 Å². The first-order chi connectivity index (χ1) is 13.2. The number of carbonyl (C=O) groups excluding carboxylic acids is 2. The van der Waals surface area contributed by atoms with Crippen LogP contribution in [0.1, 0.15) is 24.8 Å². The SMILES string of the molecule is COCCC(=O)N1CC(Cc2ccc(Cl)cc2)(C(=O)N2CCC(F)(F)CC2)C1. The van der Waals surface area contributed by atoms with E-state index in [1.54, 1.807) is 17.0 Å². The molecule has 3 rings (SSSR count). The number of nitrogens with zero attached hydrogens (tertiary/aromatic N) is 2. The van der Waals surface area contributed by atoms with Crippen molar-refractivity contribution < 1.29 is 23.1 Å². The van der Waals surface area contributed by atoms with Crippen molar-refractivity contribution in [3.05, 3.63) is 34.9 Å². The molecule has 0 bridgehead atoms. The molecule has 28 heavy (non-hydrogen) atoms. The number of halogens is 3. The zero-order chi connectivity index (χ0) is 20.4. The minimum absolute atomic E-state index is 0.0474. The molecule has 1 aromatic carbocycles. The minimum atomic E-state index is -2.71. The molecule has 0 atom stereocenters. The Balaban J connectivity index is 1.73. The normalized spacial score (nSPS) is 20.6. The summed E-state index contributed by atoms with van der Waals surface area (Å²) in [6, 6.07) is 7.24. The number of hydrogen-bond acceptors (Lipinski definition) is 3. The highest BCUT2D eigenvalue weighted by atomic mass is 35.5. The molecule has 5 nitrogen and oxygen atoms in total. The molecule has 2 fully saturated rings. The highest BCUT2D eigenvalue weighted by Crippen LogP contribution is 2.39. The van der Waals surface area contributed by atoms with Gasteiger partial charge in [0.2, 0.25) is 11.8 Å². The fourth-order valence-corrected chi connectivity index (χ4v) is 4.02. The molecular formula is C20H25ClF2N2O3. The zero-order valence-corrected chi connectivity index (χ0v) is 16.7. The average Bonchev–Trinajstić information content (AvgIpc) is 2.63. The maximum absolute atomic E-state index is 13.5. The quantitative estimate of drug-likeness (QED) is 0.719. The van der Waals surface area contributed by atoms with Crippen molar-refractivity contribution in [1.29, 1.82) is 0 Å². The fraction of sp³-hybridized carbons (Fsp3) is 0.600. The Kier molecular flexibility index (Phi) is 6.25. The zero-order valence-electron chi connectivity index (χ0n) is 15.9.